The molecule has 78 heavy (non-hydrogen) atoms. The van der Waals surface area contributed by atoms with Crippen LogP contribution in [0.1, 0.15) is 50.7 Å². The van der Waals surface area contributed by atoms with E-state index >= 15 is 0 Å². The van der Waals surface area contributed by atoms with Gasteiger partial charge in [-0.2, -0.15) is 0 Å². The van der Waals surface area contributed by atoms with E-state index in [9.17, 15) is 0 Å². The van der Waals surface area contributed by atoms with Crippen molar-refractivity contribution in [1.29, 1.82) is 0 Å². The molecule has 14 rings (SSSR count). The lowest BCUT2D eigenvalue weighted by atomic mass is 9.87. The van der Waals surface area contributed by atoms with Crippen LogP contribution >= 0.6 is 0 Å². The first-order valence-corrected chi connectivity index (χ1v) is 27.7. The Morgan fingerprint density at radius 3 is 0.756 bits per heavy atom. The quantitative estimate of drug-likeness (QED) is 0.0889. The van der Waals surface area contributed by atoms with Crippen molar-refractivity contribution in [2.45, 2.75) is 39.5 Å². The second-order valence-electron chi connectivity index (χ2n) is 21.1. The van der Waals surface area contributed by atoms with Gasteiger partial charge in [-0.25, -0.2) is 0 Å². The number of allylic oxidation sites excluding steroid dienone is 2. The highest BCUT2D eigenvalue weighted by atomic mass is 15.1. The summed E-state index contributed by atoms with van der Waals surface area (Å²) in [5.41, 5.74) is 12.3. The number of hydrogen-bond donors (Lipinski definition) is 0. The lowest BCUT2D eigenvalue weighted by Crippen LogP contribution is -2.10. The van der Waals surface area contributed by atoms with Gasteiger partial charge in [0.2, 0.25) is 0 Å². The summed E-state index contributed by atoms with van der Waals surface area (Å²) in [4.78, 5) is 4.84. The van der Waals surface area contributed by atoms with E-state index in [0.29, 0.717) is 0 Å². The average Bonchev–Trinajstić information content (AvgIpc) is 3.66. The van der Waals surface area contributed by atoms with Gasteiger partial charge >= 0.3 is 0 Å². The number of fused-ring (bicyclic) bond motifs is 8. The molecule has 14 aromatic carbocycles. The minimum absolute atomic E-state index is 1.01. The van der Waals surface area contributed by atoms with Gasteiger partial charge in [0.25, 0.3) is 0 Å². The number of benzene rings is 14. The molecule has 2 nitrogen and oxygen atoms in total. The Morgan fingerprint density at radius 2 is 0.436 bits per heavy atom. The second-order valence-corrected chi connectivity index (χ2v) is 21.1. The Hall–Kier alpha value is -9.50. The fourth-order valence-corrected chi connectivity index (χ4v) is 12.2. The van der Waals surface area contributed by atoms with Gasteiger partial charge in [-0.15, -0.1) is 0 Å². The number of anilines is 6. The van der Waals surface area contributed by atoms with E-state index in [1.165, 1.54) is 108 Å². The lowest BCUT2D eigenvalue weighted by molar-refractivity contribution is 0.945. The van der Waals surface area contributed by atoms with Gasteiger partial charge in [0.1, 0.15) is 0 Å². The van der Waals surface area contributed by atoms with Crippen molar-refractivity contribution < 1.29 is 0 Å². The first-order chi connectivity index (χ1) is 38.5. The Labute approximate surface area is 456 Å². The van der Waals surface area contributed by atoms with Crippen molar-refractivity contribution in [3.8, 4) is 0 Å². The van der Waals surface area contributed by atoms with Gasteiger partial charge in [0, 0.05) is 34.1 Å². The Bertz CT molecular complexity index is 4380. The van der Waals surface area contributed by atoms with Crippen molar-refractivity contribution >= 4 is 131 Å². The van der Waals surface area contributed by atoms with Crippen molar-refractivity contribution in [1.82, 2.24) is 0 Å². The summed E-state index contributed by atoms with van der Waals surface area (Å²) in [6, 6.07) is 99.6. The van der Waals surface area contributed by atoms with Crippen LogP contribution in [0.15, 0.2) is 267 Å². The highest BCUT2D eigenvalue weighted by Crippen LogP contribution is 2.43. The second kappa shape index (κ2) is 19.9. The van der Waals surface area contributed by atoms with E-state index in [2.05, 4.69) is 291 Å². The summed E-state index contributed by atoms with van der Waals surface area (Å²) in [6.45, 7) is 4.63. The van der Waals surface area contributed by atoms with Crippen LogP contribution in [0.3, 0.4) is 0 Å². The third-order valence-corrected chi connectivity index (χ3v) is 16.1. The van der Waals surface area contributed by atoms with Crippen LogP contribution in [-0.2, 0) is 0 Å². The standard InChI is InChI=1S/C76H58N2/c1-3-13-75(65-25-23-63-47-71(35-29-59(63)41-65)77(69-33-27-51-15-5-7-21-57(51)45-69)73-37-31-61-39-53-17-9-11-19-55(53)43-67(61)49-73)76(14-4-2)66-26-24-64-48-72(36-30-60(64)42-66)78(70-34-28-52-16-6-8-22-58(52)46-70)74-38-32-62-40-54-18-10-12-20-56(54)44-68(62)50-74/h5-12,15-50H,3-4,13-14H2,1-2H3. The molecule has 0 amide bonds. The van der Waals surface area contributed by atoms with Gasteiger partial charge in [-0.05, 0) is 230 Å². The van der Waals surface area contributed by atoms with E-state index in [-0.39, 0.29) is 0 Å². The zero-order chi connectivity index (χ0) is 52.1. The fraction of sp³-hybridized carbons (Fsp3) is 0.0789. The minimum atomic E-state index is 1.01. The monoisotopic (exact) mass is 998 g/mol. The van der Waals surface area contributed by atoms with Crippen LogP contribution in [0.5, 0.6) is 0 Å². The minimum Gasteiger partial charge on any atom is -0.310 e. The van der Waals surface area contributed by atoms with Gasteiger partial charge in [0.15, 0.2) is 0 Å². The zero-order valence-corrected chi connectivity index (χ0v) is 44.1. The zero-order valence-electron chi connectivity index (χ0n) is 44.1. The van der Waals surface area contributed by atoms with Crippen LogP contribution in [0, 0.1) is 0 Å². The van der Waals surface area contributed by atoms with Crippen molar-refractivity contribution in [2.24, 2.45) is 0 Å². The predicted octanol–water partition coefficient (Wildman–Crippen LogP) is 22.4. The summed E-state index contributed by atoms with van der Waals surface area (Å²) in [5.74, 6) is 0. The normalized spacial score (nSPS) is 12.1. The first kappa shape index (κ1) is 47.0. The molecule has 0 unspecified atom stereocenters. The number of nitrogens with zero attached hydrogens (tertiary/aromatic N) is 2. The third kappa shape index (κ3) is 8.76. The van der Waals surface area contributed by atoms with E-state index < -0.39 is 0 Å². The molecule has 14 aromatic rings. The topological polar surface area (TPSA) is 6.48 Å². The smallest absolute Gasteiger partial charge is 0.0468 e. The molecule has 0 spiro atoms. The maximum Gasteiger partial charge on any atom is 0.0468 e. The SMILES string of the molecule is CCCC(=C(CCC)c1ccc2cc(N(c3ccc4ccccc4c3)c3ccc4cc5ccccc5cc4c3)ccc2c1)c1ccc2cc(N(c3ccc4ccccc4c3)c3ccc4cc5ccccc5cc4c3)ccc2c1. The molecule has 0 radical (unpaired) electrons. The highest BCUT2D eigenvalue weighted by molar-refractivity contribution is 6.04. The van der Waals surface area contributed by atoms with Gasteiger partial charge in [-0.3, -0.25) is 0 Å². The van der Waals surface area contributed by atoms with Crippen LogP contribution in [0.2, 0.25) is 0 Å². The molecular weight excluding hydrogens is 941 g/mol. The molecule has 2 heteroatoms. The first-order valence-electron chi connectivity index (χ1n) is 27.7. The fourth-order valence-electron chi connectivity index (χ4n) is 12.2. The molecule has 0 aliphatic heterocycles. The van der Waals surface area contributed by atoms with E-state index in [0.717, 1.165) is 59.8 Å². The molecule has 0 aromatic heterocycles. The molecule has 0 saturated heterocycles. The molecule has 0 bridgehead atoms. The van der Waals surface area contributed by atoms with E-state index in [1.54, 1.807) is 0 Å². The number of hydrogen-bond acceptors (Lipinski definition) is 2. The molecule has 0 saturated carbocycles. The van der Waals surface area contributed by atoms with Crippen molar-refractivity contribution in [3.63, 3.8) is 0 Å². The molecule has 372 valence electrons. The summed E-state index contributed by atoms with van der Waals surface area (Å²) in [6.07, 6.45) is 4.14. The predicted molar refractivity (Wildman–Crippen MR) is 339 cm³/mol. The average molecular weight is 999 g/mol. The van der Waals surface area contributed by atoms with Crippen LogP contribution in [0.25, 0.3) is 97.3 Å². The molecule has 0 heterocycles. The number of rotatable bonds is 12. The summed E-state index contributed by atoms with van der Waals surface area (Å²) >= 11 is 0. The summed E-state index contributed by atoms with van der Waals surface area (Å²) < 4.78 is 0. The highest BCUT2D eigenvalue weighted by Gasteiger charge is 2.19. The van der Waals surface area contributed by atoms with Crippen molar-refractivity contribution in [3.05, 3.63) is 278 Å². The van der Waals surface area contributed by atoms with Crippen LogP contribution in [-0.4, -0.2) is 0 Å². The van der Waals surface area contributed by atoms with Gasteiger partial charge < -0.3 is 9.80 Å². The molecule has 0 aliphatic rings. The molecule has 0 N–H and O–H groups in total. The molecule has 0 aliphatic carbocycles. The molecule has 0 atom stereocenters. The third-order valence-electron chi connectivity index (χ3n) is 16.1. The molecule has 0 fully saturated rings. The largest absolute Gasteiger partial charge is 0.310 e. The lowest BCUT2D eigenvalue weighted by Gasteiger charge is -2.27. The van der Waals surface area contributed by atoms with E-state index in [4.69, 9.17) is 0 Å². The van der Waals surface area contributed by atoms with Crippen LogP contribution < -0.4 is 9.80 Å². The van der Waals surface area contributed by atoms with Gasteiger partial charge in [-0.1, -0.05) is 184 Å². The molecular formula is C76H58N2. The summed E-state index contributed by atoms with van der Waals surface area (Å²) in [7, 11) is 0. The van der Waals surface area contributed by atoms with Crippen molar-refractivity contribution in [2.75, 3.05) is 9.80 Å². The Balaban J connectivity index is 0.833. The Morgan fingerprint density at radius 1 is 0.218 bits per heavy atom. The van der Waals surface area contributed by atoms with Gasteiger partial charge in [0.05, 0.1) is 0 Å². The van der Waals surface area contributed by atoms with Crippen LogP contribution in [0.4, 0.5) is 34.1 Å². The maximum absolute atomic E-state index is 2.44. The van der Waals surface area contributed by atoms with E-state index in [1.807, 2.05) is 0 Å². The summed E-state index contributed by atoms with van der Waals surface area (Å²) in [5, 5.41) is 19.8. The maximum atomic E-state index is 2.44. The Kier molecular flexibility index (Phi) is 12.0.